The first kappa shape index (κ1) is 17.3. The molecule has 6 nitrogen and oxygen atoms in total. The number of para-hydroxylation sites is 3. The van der Waals surface area contributed by atoms with E-state index in [1.807, 2.05) is 25.1 Å². The summed E-state index contributed by atoms with van der Waals surface area (Å²) in [5, 5.41) is 2.68. The van der Waals surface area contributed by atoms with Crippen LogP contribution < -0.4 is 14.8 Å². The van der Waals surface area contributed by atoms with Crippen molar-refractivity contribution in [1.29, 1.82) is 0 Å². The fourth-order valence-electron chi connectivity index (χ4n) is 1.96. The number of carbonyl (C=O) groups is 2. The van der Waals surface area contributed by atoms with Crippen molar-refractivity contribution in [1.82, 2.24) is 0 Å². The summed E-state index contributed by atoms with van der Waals surface area (Å²) in [6.45, 7) is 1.20. The van der Waals surface area contributed by atoms with Crippen molar-refractivity contribution < 1.29 is 23.8 Å². The predicted octanol–water partition coefficient (Wildman–Crippen LogP) is 2.56. The van der Waals surface area contributed by atoms with Gasteiger partial charge in [0, 0.05) is 5.69 Å². The van der Waals surface area contributed by atoms with Gasteiger partial charge in [0.15, 0.2) is 24.7 Å². The van der Waals surface area contributed by atoms with Crippen molar-refractivity contribution in [3.8, 4) is 11.5 Å². The molecule has 0 bridgehead atoms. The van der Waals surface area contributed by atoms with Gasteiger partial charge in [-0.3, -0.25) is 4.79 Å². The summed E-state index contributed by atoms with van der Waals surface area (Å²) >= 11 is 0. The third-order valence-electron chi connectivity index (χ3n) is 3.20. The quantitative estimate of drug-likeness (QED) is 0.790. The van der Waals surface area contributed by atoms with Crippen LogP contribution in [0.1, 0.15) is 5.56 Å². The molecule has 0 saturated heterocycles. The zero-order valence-electron chi connectivity index (χ0n) is 13.6. The molecule has 0 atom stereocenters. The van der Waals surface area contributed by atoms with Crippen LogP contribution in [0, 0.1) is 6.92 Å². The Labute approximate surface area is 140 Å². The second kappa shape index (κ2) is 8.57. The average Bonchev–Trinajstić information content (AvgIpc) is 2.60. The van der Waals surface area contributed by atoms with Crippen LogP contribution in [0.5, 0.6) is 11.5 Å². The van der Waals surface area contributed by atoms with Crippen molar-refractivity contribution in [3.63, 3.8) is 0 Å². The van der Waals surface area contributed by atoms with Gasteiger partial charge in [0.2, 0.25) is 0 Å². The molecule has 0 aromatic heterocycles. The number of nitrogens with one attached hydrogen (secondary N) is 1. The molecule has 2 aromatic rings. The SMILES string of the molecule is COc1ccccc1OCC(=O)OCC(=O)Nc1ccccc1C. The number of benzene rings is 2. The summed E-state index contributed by atoms with van der Waals surface area (Å²) in [6, 6.07) is 14.3. The maximum Gasteiger partial charge on any atom is 0.344 e. The van der Waals surface area contributed by atoms with Crippen LogP contribution in [0.15, 0.2) is 48.5 Å². The fourth-order valence-corrected chi connectivity index (χ4v) is 1.96. The number of esters is 1. The van der Waals surface area contributed by atoms with Gasteiger partial charge in [0.25, 0.3) is 5.91 Å². The molecule has 0 spiro atoms. The zero-order chi connectivity index (χ0) is 17.4. The number of hydrogen-bond donors (Lipinski definition) is 1. The molecule has 0 saturated carbocycles. The monoisotopic (exact) mass is 329 g/mol. The molecule has 0 aliphatic heterocycles. The standard InChI is InChI=1S/C18H19NO5/c1-13-7-3-4-8-14(13)19-17(20)11-24-18(21)12-23-16-10-6-5-9-15(16)22-2/h3-10H,11-12H2,1-2H3,(H,19,20). The summed E-state index contributed by atoms with van der Waals surface area (Å²) in [6.07, 6.45) is 0. The molecule has 1 amide bonds. The lowest BCUT2D eigenvalue weighted by Crippen LogP contribution is -2.24. The summed E-state index contributed by atoms with van der Waals surface area (Å²) in [5.41, 5.74) is 1.61. The van der Waals surface area contributed by atoms with E-state index in [-0.39, 0.29) is 13.2 Å². The number of carbonyl (C=O) groups excluding carboxylic acids is 2. The minimum Gasteiger partial charge on any atom is -0.493 e. The van der Waals surface area contributed by atoms with Crippen molar-refractivity contribution >= 4 is 17.6 Å². The molecule has 6 heteroatoms. The Kier molecular flexibility index (Phi) is 6.19. The van der Waals surface area contributed by atoms with E-state index in [1.54, 1.807) is 30.3 Å². The fraction of sp³-hybridized carbons (Fsp3) is 0.222. The van der Waals surface area contributed by atoms with Crippen LogP contribution in [-0.4, -0.2) is 32.2 Å². The number of amides is 1. The molecule has 0 unspecified atom stereocenters. The normalized spacial score (nSPS) is 9.92. The van der Waals surface area contributed by atoms with Crippen LogP contribution in [0.3, 0.4) is 0 Å². The summed E-state index contributed by atoms with van der Waals surface area (Å²) in [4.78, 5) is 23.5. The average molecular weight is 329 g/mol. The highest BCUT2D eigenvalue weighted by atomic mass is 16.6. The smallest absolute Gasteiger partial charge is 0.344 e. The highest BCUT2D eigenvalue weighted by Gasteiger charge is 2.11. The van der Waals surface area contributed by atoms with Gasteiger partial charge in [-0.25, -0.2) is 4.79 Å². The third kappa shape index (κ3) is 5.01. The first-order valence-electron chi connectivity index (χ1n) is 7.37. The maximum absolute atomic E-state index is 11.8. The predicted molar refractivity (Wildman–Crippen MR) is 89.3 cm³/mol. The van der Waals surface area contributed by atoms with E-state index in [0.717, 1.165) is 5.56 Å². The van der Waals surface area contributed by atoms with E-state index in [0.29, 0.717) is 17.2 Å². The van der Waals surface area contributed by atoms with Crippen LogP contribution in [-0.2, 0) is 14.3 Å². The van der Waals surface area contributed by atoms with Gasteiger partial charge in [-0.15, -0.1) is 0 Å². The first-order valence-corrected chi connectivity index (χ1v) is 7.37. The van der Waals surface area contributed by atoms with Crippen LogP contribution >= 0.6 is 0 Å². The number of hydrogen-bond acceptors (Lipinski definition) is 5. The van der Waals surface area contributed by atoms with E-state index in [1.165, 1.54) is 7.11 Å². The molecule has 2 aromatic carbocycles. The molecular formula is C18H19NO5. The number of methoxy groups -OCH3 is 1. The number of aryl methyl sites for hydroxylation is 1. The lowest BCUT2D eigenvalue weighted by molar-refractivity contribution is -0.149. The Morgan fingerprint density at radius 2 is 1.62 bits per heavy atom. The van der Waals surface area contributed by atoms with Crippen LogP contribution in [0.2, 0.25) is 0 Å². The summed E-state index contributed by atoms with van der Waals surface area (Å²) in [7, 11) is 1.51. The Morgan fingerprint density at radius 3 is 2.33 bits per heavy atom. The van der Waals surface area contributed by atoms with Crippen LogP contribution in [0.25, 0.3) is 0 Å². The summed E-state index contributed by atoms with van der Waals surface area (Å²) < 4.78 is 15.3. The van der Waals surface area contributed by atoms with Crippen LogP contribution in [0.4, 0.5) is 5.69 Å². The third-order valence-corrected chi connectivity index (χ3v) is 3.20. The Balaban J connectivity index is 1.77. The number of ether oxygens (including phenoxy) is 3. The maximum atomic E-state index is 11.8. The van der Waals surface area contributed by atoms with E-state index in [2.05, 4.69) is 5.32 Å². The minimum atomic E-state index is -0.638. The largest absolute Gasteiger partial charge is 0.493 e. The number of rotatable bonds is 7. The van der Waals surface area contributed by atoms with Gasteiger partial charge < -0.3 is 19.5 Å². The molecular weight excluding hydrogens is 310 g/mol. The molecule has 1 N–H and O–H groups in total. The summed E-state index contributed by atoms with van der Waals surface area (Å²) in [5.74, 6) is -0.0975. The van der Waals surface area contributed by atoms with E-state index >= 15 is 0 Å². The molecule has 0 fully saturated rings. The van der Waals surface area contributed by atoms with Crippen molar-refractivity contribution in [2.24, 2.45) is 0 Å². The lowest BCUT2D eigenvalue weighted by atomic mass is 10.2. The zero-order valence-corrected chi connectivity index (χ0v) is 13.6. The van der Waals surface area contributed by atoms with Crippen molar-refractivity contribution in [3.05, 3.63) is 54.1 Å². The van der Waals surface area contributed by atoms with E-state index in [4.69, 9.17) is 14.2 Å². The number of anilines is 1. The second-order valence-corrected chi connectivity index (χ2v) is 4.96. The Morgan fingerprint density at radius 1 is 0.958 bits per heavy atom. The molecule has 0 aliphatic carbocycles. The molecule has 2 rings (SSSR count). The molecule has 0 radical (unpaired) electrons. The first-order chi connectivity index (χ1) is 11.6. The van der Waals surface area contributed by atoms with E-state index < -0.39 is 11.9 Å². The van der Waals surface area contributed by atoms with Gasteiger partial charge in [-0.1, -0.05) is 30.3 Å². The minimum absolute atomic E-state index is 0.308. The highest BCUT2D eigenvalue weighted by Crippen LogP contribution is 2.25. The van der Waals surface area contributed by atoms with Gasteiger partial charge in [-0.2, -0.15) is 0 Å². The Bertz CT molecular complexity index is 714. The lowest BCUT2D eigenvalue weighted by Gasteiger charge is -2.11. The molecule has 24 heavy (non-hydrogen) atoms. The van der Waals surface area contributed by atoms with Gasteiger partial charge in [-0.05, 0) is 30.7 Å². The molecule has 126 valence electrons. The van der Waals surface area contributed by atoms with Crippen molar-refractivity contribution in [2.45, 2.75) is 6.92 Å². The topological polar surface area (TPSA) is 73.9 Å². The highest BCUT2D eigenvalue weighted by molar-refractivity contribution is 5.93. The van der Waals surface area contributed by atoms with E-state index in [9.17, 15) is 9.59 Å². The van der Waals surface area contributed by atoms with Gasteiger partial charge >= 0.3 is 5.97 Å². The Hall–Kier alpha value is -3.02. The van der Waals surface area contributed by atoms with Gasteiger partial charge in [0.05, 0.1) is 7.11 Å². The molecule has 0 aliphatic rings. The van der Waals surface area contributed by atoms with Gasteiger partial charge in [0.1, 0.15) is 0 Å². The second-order valence-electron chi connectivity index (χ2n) is 4.96. The van der Waals surface area contributed by atoms with Crippen molar-refractivity contribution in [2.75, 3.05) is 25.6 Å². The molecule has 0 heterocycles.